The first kappa shape index (κ1) is 73.1. The highest BCUT2D eigenvalue weighted by molar-refractivity contribution is 7.88. The highest BCUT2D eigenvalue weighted by Crippen LogP contribution is 2.31. The third-order valence-electron chi connectivity index (χ3n) is 10.8. The van der Waals surface area contributed by atoms with Gasteiger partial charge in [0.1, 0.15) is 6.61 Å². The summed E-state index contributed by atoms with van der Waals surface area (Å²) in [4.78, 5) is 39.6. The van der Waals surface area contributed by atoms with Crippen LogP contribution in [0.25, 0.3) is 0 Å². The number of carbonyl (C=O) groups excluding carboxylic acids is 3. The van der Waals surface area contributed by atoms with Gasteiger partial charge in [-0.15, -0.1) is 0 Å². The Bertz CT molecular complexity index is 3080. The molecule has 1 amide bonds. The molecule has 81 heavy (non-hydrogen) atoms. The molecule has 35 heteroatoms. The number of benzene rings is 2. The second-order valence-electron chi connectivity index (χ2n) is 16.6. The van der Waals surface area contributed by atoms with Crippen LogP contribution in [-0.2, 0) is 96.4 Å². The number of alkyl carbamates (subject to hydrolysis) is 1. The molecule has 0 spiro atoms. The molecule has 6 N–H and O–H groups in total. The summed E-state index contributed by atoms with van der Waals surface area (Å²) in [6, 6.07) is 26.1. The first-order chi connectivity index (χ1) is 36.4. The van der Waals surface area contributed by atoms with Gasteiger partial charge in [0, 0.05) is 53.4 Å². The molecular formula is C46H53F9N6O14S6. The maximum Gasteiger partial charge on any atom is 0.534 e. The number of aryl methyl sites for hydroxylation is 3. The fraction of sp³-hybridized carbons (Fsp3) is 0.370. The summed E-state index contributed by atoms with van der Waals surface area (Å²) in [5.41, 5.74) is 0.602. The molecule has 3 aromatic heterocycles. The van der Waals surface area contributed by atoms with Crippen LogP contribution in [0.1, 0.15) is 64.2 Å². The molecule has 3 heterocycles. The summed E-state index contributed by atoms with van der Waals surface area (Å²) >= 11 is 0. The van der Waals surface area contributed by atoms with Crippen molar-refractivity contribution in [2.75, 3.05) is 0 Å². The van der Waals surface area contributed by atoms with E-state index < -0.39 is 70.6 Å². The Morgan fingerprint density at radius 3 is 1.19 bits per heavy atom. The Morgan fingerprint density at radius 1 is 0.543 bits per heavy atom. The van der Waals surface area contributed by atoms with Gasteiger partial charge in [-0.3, -0.25) is 0 Å². The molecule has 20 nitrogen and oxygen atoms in total. The number of amides is 1. The lowest BCUT2D eigenvalue weighted by Gasteiger charge is -2.24. The highest BCUT2D eigenvalue weighted by atomic mass is 32.2. The van der Waals surface area contributed by atoms with Crippen molar-refractivity contribution < 1.29 is 102 Å². The van der Waals surface area contributed by atoms with Crippen molar-refractivity contribution >= 4 is 83.1 Å². The fourth-order valence-electron chi connectivity index (χ4n) is 7.09. The van der Waals surface area contributed by atoms with Crippen molar-refractivity contribution in [2.24, 2.45) is 11.5 Å². The van der Waals surface area contributed by atoms with Crippen molar-refractivity contribution in [1.29, 1.82) is 0 Å². The number of aliphatic hydroxyl groups excluding tert-OH is 1. The summed E-state index contributed by atoms with van der Waals surface area (Å²) in [6.45, 7) is 0.271. The second-order valence-corrected chi connectivity index (χ2v) is 21.2. The first-order valence-electron chi connectivity index (χ1n) is 22.5. The van der Waals surface area contributed by atoms with Gasteiger partial charge >= 0.3 is 59.1 Å². The van der Waals surface area contributed by atoms with E-state index in [1.807, 2.05) is 60.7 Å². The number of fused-ring (bicyclic) bond motifs is 3. The van der Waals surface area contributed by atoms with Gasteiger partial charge in [-0.1, -0.05) is 78.9 Å². The lowest BCUT2D eigenvalue weighted by Crippen LogP contribution is -2.39. The van der Waals surface area contributed by atoms with Gasteiger partial charge in [-0.05, 0) is 85.6 Å². The smallest absolute Gasteiger partial charge is 0.445 e. The number of aliphatic hydroxyl groups is 1. The van der Waals surface area contributed by atoms with Crippen molar-refractivity contribution in [2.45, 2.75) is 106 Å². The number of hydrogen-bond donors (Lipinski definition) is 4. The number of rotatable bonds is 10. The Kier molecular flexibility index (Phi) is 28.9. The number of pyridine rings is 3. The Morgan fingerprint density at radius 2 is 0.864 bits per heavy atom. The summed E-state index contributed by atoms with van der Waals surface area (Å²) in [5, 5.41) is 11.3. The van der Waals surface area contributed by atoms with Crippen molar-refractivity contribution in [3.05, 3.63) is 142 Å². The van der Waals surface area contributed by atoms with E-state index in [0.717, 1.165) is 40.5 Å². The lowest BCUT2D eigenvalue weighted by atomic mass is 9.92. The Balaban J connectivity index is 0.000000558. The molecule has 0 aliphatic heterocycles. The number of nitrogens with zero attached hydrogens (tertiary/aromatic N) is 3. The van der Waals surface area contributed by atoms with Gasteiger partial charge in [0.15, 0.2) is 0 Å². The lowest BCUT2D eigenvalue weighted by molar-refractivity contribution is -0.191. The van der Waals surface area contributed by atoms with Crippen LogP contribution in [0.15, 0.2) is 97.1 Å². The Labute approximate surface area is 479 Å². The third-order valence-corrected chi connectivity index (χ3v) is 13.7. The largest absolute Gasteiger partial charge is 0.534 e. The highest BCUT2D eigenvalue weighted by Gasteiger charge is 2.50. The third kappa shape index (κ3) is 23.1. The SMILES string of the molecule is NC1CCc2nc(OS(=O)(=O)C(F)(F)F)ccc2C1.N[C@H]1CCc2nc(OS(=O)(=O)C(F)(F)F)ccc2C1.O=C(N[C@H]1CCc2nc(OS(=O)(=O)C(F)(F)F)ccc2C1)OCc1ccccc1.O=C=O.OCc1ccccc1.S.S.S. The molecule has 0 fully saturated rings. The van der Waals surface area contributed by atoms with E-state index in [9.17, 15) is 69.6 Å². The van der Waals surface area contributed by atoms with Crippen LogP contribution in [0.2, 0.25) is 0 Å². The quantitative estimate of drug-likeness (QED) is 0.0679. The van der Waals surface area contributed by atoms with E-state index in [0.29, 0.717) is 80.4 Å². The monoisotopic (exact) mass is 1280 g/mol. The van der Waals surface area contributed by atoms with Crippen molar-refractivity contribution in [3.63, 3.8) is 0 Å². The van der Waals surface area contributed by atoms with Gasteiger partial charge in [0.25, 0.3) is 0 Å². The normalized spacial score (nSPS) is 16.3. The minimum Gasteiger partial charge on any atom is -0.445 e. The topological polar surface area (TPSA) is 314 Å². The molecule has 5 aromatic rings. The van der Waals surface area contributed by atoms with E-state index in [4.69, 9.17) is 30.9 Å². The number of aromatic nitrogens is 3. The minimum atomic E-state index is -5.77. The number of carbonyl (C=O) groups is 1. The zero-order valence-corrected chi connectivity index (χ0v) is 47.1. The van der Waals surface area contributed by atoms with Gasteiger partial charge in [-0.2, -0.15) is 115 Å². The maximum absolute atomic E-state index is 12.4. The molecule has 0 bridgehead atoms. The van der Waals surface area contributed by atoms with E-state index in [2.05, 4.69) is 32.8 Å². The predicted octanol–water partition coefficient (Wildman–Crippen LogP) is 6.28. The van der Waals surface area contributed by atoms with Crippen LogP contribution < -0.4 is 29.3 Å². The summed E-state index contributed by atoms with van der Waals surface area (Å²) < 4.78 is 193. The van der Waals surface area contributed by atoms with Gasteiger partial charge in [0.2, 0.25) is 17.6 Å². The van der Waals surface area contributed by atoms with Crippen LogP contribution in [0.5, 0.6) is 17.6 Å². The number of ether oxygens (including phenoxy) is 1. The standard InChI is InChI=1S/C18H17F3N2O5S.2C10H11F3N2O3S.C7H8O.CO2.3H2S/c19-18(20,21)29(25,26)28-16-9-6-13-10-14(7-8-15(13)23-16)22-17(24)27-11-12-4-2-1-3-5-12;2*11-10(12,13)19(16,17)18-9-4-1-6-5-7(14)2-3-8(6)15-9;8-6-7-4-2-1-3-5-7;2-1-3;;;/h1-6,9,14H,7-8,10-11H2,(H,22,24);2*1,4,7H,2-3,5,14H2;1-5,8H,6H2;;3*1H2/t14-;7-;;;;;;/m00....../s1. The zero-order valence-electron chi connectivity index (χ0n) is 41.6. The zero-order chi connectivity index (χ0) is 58.1. The Hall–Kier alpha value is -5.91. The minimum absolute atomic E-state index is 0. The number of nitrogens with two attached hydrogens (primary N) is 2. The molecule has 450 valence electrons. The molecule has 0 saturated carbocycles. The molecule has 3 atom stereocenters. The summed E-state index contributed by atoms with van der Waals surface area (Å²) in [6.07, 6.45) is 4.26. The van der Waals surface area contributed by atoms with E-state index in [1.165, 1.54) is 18.2 Å². The number of alkyl halides is 9. The van der Waals surface area contributed by atoms with Crippen LogP contribution >= 0.6 is 40.5 Å². The van der Waals surface area contributed by atoms with E-state index in [1.54, 1.807) is 0 Å². The van der Waals surface area contributed by atoms with Gasteiger partial charge in [-0.25, -0.2) is 19.7 Å². The van der Waals surface area contributed by atoms with Crippen LogP contribution in [0.3, 0.4) is 0 Å². The van der Waals surface area contributed by atoms with Crippen LogP contribution in [0, 0.1) is 0 Å². The van der Waals surface area contributed by atoms with Gasteiger partial charge in [0.05, 0.1) is 6.61 Å². The molecule has 0 saturated heterocycles. The van der Waals surface area contributed by atoms with Gasteiger partial charge < -0.3 is 39.2 Å². The van der Waals surface area contributed by atoms with Crippen LogP contribution in [0.4, 0.5) is 44.3 Å². The van der Waals surface area contributed by atoms with Crippen LogP contribution in [-0.4, -0.2) is 92.2 Å². The predicted molar refractivity (Wildman–Crippen MR) is 284 cm³/mol. The number of hydrogen-bond acceptors (Lipinski definition) is 19. The molecule has 3 aliphatic carbocycles. The molecular weight excluding hydrogens is 1220 g/mol. The molecule has 1 unspecified atom stereocenters. The van der Waals surface area contributed by atoms with E-state index >= 15 is 0 Å². The number of halogens is 9. The molecule has 2 aromatic carbocycles. The molecule has 8 rings (SSSR count). The average molecular weight is 1280 g/mol. The first-order valence-corrected chi connectivity index (χ1v) is 26.7. The fourth-order valence-corrected chi connectivity index (χ4v) is 8.32. The maximum atomic E-state index is 12.4. The molecule has 0 radical (unpaired) electrons. The summed E-state index contributed by atoms with van der Waals surface area (Å²) in [7, 11) is -17.1. The van der Waals surface area contributed by atoms with E-state index in [-0.39, 0.29) is 78.0 Å². The van der Waals surface area contributed by atoms with Crippen molar-refractivity contribution in [1.82, 2.24) is 20.3 Å². The second kappa shape index (κ2) is 32.1. The summed E-state index contributed by atoms with van der Waals surface area (Å²) in [5.74, 6) is -1.80. The average Bonchev–Trinajstić information content (AvgIpc) is 3.36. The van der Waals surface area contributed by atoms with Crippen molar-refractivity contribution in [3.8, 4) is 17.6 Å². The number of nitrogens with one attached hydrogen (secondary N) is 1. The molecule has 3 aliphatic rings.